The van der Waals surface area contributed by atoms with E-state index in [1.807, 2.05) is 72.8 Å². The molecule has 1 aliphatic heterocycles. The minimum atomic E-state index is -0.0518. The normalized spacial score (nSPS) is 13.1. The number of anilines is 1. The molecule has 3 aromatic carbocycles. The largest absolute Gasteiger partial charge is 0.307 e. The van der Waals surface area contributed by atoms with Crippen LogP contribution in [0.3, 0.4) is 0 Å². The van der Waals surface area contributed by atoms with E-state index >= 15 is 0 Å². The molecule has 3 heteroatoms. The molecule has 3 aromatic rings. The third-order valence-corrected chi connectivity index (χ3v) is 5.08. The zero-order valence-corrected chi connectivity index (χ0v) is 15.3. The summed E-state index contributed by atoms with van der Waals surface area (Å²) in [6.45, 7) is 2.18. The van der Waals surface area contributed by atoms with Gasteiger partial charge in [0, 0.05) is 17.7 Å². The first kappa shape index (κ1) is 17.2. The highest BCUT2D eigenvalue weighted by Crippen LogP contribution is 2.34. The van der Waals surface area contributed by atoms with Gasteiger partial charge in [-0.2, -0.15) is 0 Å². The molecule has 0 unspecified atom stereocenters. The predicted octanol–water partition coefficient (Wildman–Crippen LogP) is 5.15. The molecule has 0 aliphatic carbocycles. The minimum Gasteiger partial charge on any atom is -0.307 e. The number of ketones is 1. The molecular formula is C24H21NO2. The Bertz CT molecular complexity index is 1010. The van der Waals surface area contributed by atoms with E-state index < -0.39 is 0 Å². The highest BCUT2D eigenvalue weighted by atomic mass is 16.2. The van der Waals surface area contributed by atoms with Crippen LogP contribution in [0, 0.1) is 0 Å². The summed E-state index contributed by atoms with van der Waals surface area (Å²) in [6.07, 6.45) is 1.79. The fraction of sp³-hybridized carbons (Fsp3) is 0.167. The lowest BCUT2D eigenvalue weighted by molar-refractivity contribution is 0.0985. The van der Waals surface area contributed by atoms with Crippen LogP contribution >= 0.6 is 0 Å². The summed E-state index contributed by atoms with van der Waals surface area (Å²) < 4.78 is 0. The summed E-state index contributed by atoms with van der Waals surface area (Å²) >= 11 is 0. The number of amides is 1. The van der Waals surface area contributed by atoms with Gasteiger partial charge in [-0.3, -0.25) is 9.59 Å². The standard InChI is InChI=1S/C24H21NO2/c1-17(26)20-15-7-11-19-12-8-16-25(23(19)20)24(27)22-14-6-5-13-21(22)18-9-3-2-4-10-18/h2-7,9-11,13-15H,8,12,16H2,1H3. The number of aryl methyl sites for hydroxylation is 1. The molecule has 0 spiro atoms. The molecule has 0 saturated heterocycles. The lowest BCUT2D eigenvalue weighted by atomic mass is 9.94. The summed E-state index contributed by atoms with van der Waals surface area (Å²) in [5.41, 5.74) is 5.06. The molecule has 1 aliphatic rings. The van der Waals surface area contributed by atoms with Crippen molar-refractivity contribution >= 4 is 17.4 Å². The van der Waals surface area contributed by atoms with Crippen molar-refractivity contribution in [2.45, 2.75) is 19.8 Å². The monoisotopic (exact) mass is 355 g/mol. The Hall–Kier alpha value is -3.20. The lowest BCUT2D eigenvalue weighted by Crippen LogP contribution is -2.37. The first-order chi connectivity index (χ1) is 13.2. The summed E-state index contributed by atoms with van der Waals surface area (Å²) in [7, 11) is 0. The average molecular weight is 355 g/mol. The fourth-order valence-corrected chi connectivity index (χ4v) is 3.82. The van der Waals surface area contributed by atoms with Gasteiger partial charge < -0.3 is 4.90 Å². The molecule has 1 amide bonds. The molecule has 0 atom stereocenters. The van der Waals surface area contributed by atoms with Gasteiger partial charge in [0.2, 0.25) is 0 Å². The molecule has 0 aromatic heterocycles. The van der Waals surface area contributed by atoms with Crippen molar-refractivity contribution in [2.75, 3.05) is 11.4 Å². The van der Waals surface area contributed by atoms with E-state index in [2.05, 4.69) is 0 Å². The Kier molecular flexibility index (Phi) is 4.59. The molecule has 0 N–H and O–H groups in total. The SMILES string of the molecule is CC(=O)c1cccc2c1N(C(=O)c1ccccc1-c1ccccc1)CCC2. The summed E-state index contributed by atoms with van der Waals surface area (Å²) in [4.78, 5) is 27.5. The highest BCUT2D eigenvalue weighted by Gasteiger charge is 2.28. The van der Waals surface area contributed by atoms with Crippen LogP contribution in [0.1, 0.15) is 39.6 Å². The van der Waals surface area contributed by atoms with E-state index in [0.29, 0.717) is 17.7 Å². The number of rotatable bonds is 3. The number of carbonyl (C=O) groups is 2. The summed E-state index contributed by atoms with van der Waals surface area (Å²) in [5.74, 6) is -0.0630. The number of carbonyl (C=O) groups excluding carboxylic acids is 2. The summed E-state index contributed by atoms with van der Waals surface area (Å²) in [5, 5.41) is 0. The van der Waals surface area contributed by atoms with Crippen molar-refractivity contribution in [1.29, 1.82) is 0 Å². The molecule has 3 nitrogen and oxygen atoms in total. The van der Waals surface area contributed by atoms with Crippen LogP contribution in [0.15, 0.2) is 72.8 Å². The Labute approximate surface area is 159 Å². The first-order valence-electron chi connectivity index (χ1n) is 9.26. The number of hydrogen-bond acceptors (Lipinski definition) is 2. The quantitative estimate of drug-likeness (QED) is 0.609. The Morgan fingerprint density at radius 1 is 0.815 bits per heavy atom. The van der Waals surface area contributed by atoms with Gasteiger partial charge in [-0.15, -0.1) is 0 Å². The maximum absolute atomic E-state index is 13.5. The van der Waals surface area contributed by atoms with Crippen molar-refractivity contribution in [2.24, 2.45) is 0 Å². The molecule has 27 heavy (non-hydrogen) atoms. The van der Waals surface area contributed by atoms with Crippen LogP contribution in [0.4, 0.5) is 5.69 Å². The molecular weight excluding hydrogens is 334 g/mol. The lowest BCUT2D eigenvalue weighted by Gasteiger charge is -2.31. The number of benzene rings is 3. The number of para-hydroxylation sites is 1. The second kappa shape index (κ2) is 7.20. The zero-order valence-electron chi connectivity index (χ0n) is 15.3. The Balaban J connectivity index is 1.82. The second-order valence-electron chi connectivity index (χ2n) is 6.84. The molecule has 0 bridgehead atoms. The van der Waals surface area contributed by atoms with E-state index in [9.17, 15) is 9.59 Å². The number of hydrogen-bond donors (Lipinski definition) is 0. The van der Waals surface area contributed by atoms with Crippen molar-refractivity contribution in [3.05, 3.63) is 89.5 Å². The second-order valence-corrected chi connectivity index (χ2v) is 6.84. The maximum atomic E-state index is 13.5. The van der Waals surface area contributed by atoms with E-state index in [1.54, 1.807) is 11.8 Å². The Morgan fingerprint density at radius 2 is 1.52 bits per heavy atom. The third-order valence-electron chi connectivity index (χ3n) is 5.08. The van der Waals surface area contributed by atoms with E-state index in [0.717, 1.165) is 35.2 Å². The molecule has 1 heterocycles. The molecule has 0 radical (unpaired) electrons. The number of Topliss-reactive ketones (excluding diaryl/α,β-unsaturated/α-hetero) is 1. The van der Waals surface area contributed by atoms with Crippen LogP contribution in [0.25, 0.3) is 11.1 Å². The van der Waals surface area contributed by atoms with E-state index in [1.165, 1.54) is 0 Å². The molecule has 134 valence electrons. The predicted molar refractivity (Wildman–Crippen MR) is 108 cm³/mol. The minimum absolute atomic E-state index is 0.0112. The van der Waals surface area contributed by atoms with Crippen LogP contribution in [-0.4, -0.2) is 18.2 Å². The molecule has 0 saturated carbocycles. The van der Waals surface area contributed by atoms with Gasteiger partial charge in [0.25, 0.3) is 5.91 Å². The van der Waals surface area contributed by atoms with Gasteiger partial charge in [-0.1, -0.05) is 60.7 Å². The van der Waals surface area contributed by atoms with Gasteiger partial charge in [0.15, 0.2) is 5.78 Å². The number of fused-ring (bicyclic) bond motifs is 1. The van der Waals surface area contributed by atoms with Gasteiger partial charge in [0.05, 0.1) is 5.69 Å². The topological polar surface area (TPSA) is 37.4 Å². The maximum Gasteiger partial charge on any atom is 0.258 e. The van der Waals surface area contributed by atoms with Crippen LogP contribution in [-0.2, 0) is 6.42 Å². The van der Waals surface area contributed by atoms with Crippen LogP contribution < -0.4 is 4.90 Å². The highest BCUT2D eigenvalue weighted by molar-refractivity contribution is 6.13. The smallest absolute Gasteiger partial charge is 0.258 e. The van der Waals surface area contributed by atoms with Crippen molar-refractivity contribution in [1.82, 2.24) is 0 Å². The third kappa shape index (κ3) is 3.17. The van der Waals surface area contributed by atoms with Gasteiger partial charge in [-0.25, -0.2) is 0 Å². The first-order valence-corrected chi connectivity index (χ1v) is 9.26. The number of nitrogens with zero attached hydrogens (tertiary/aromatic N) is 1. The average Bonchev–Trinajstić information content (AvgIpc) is 2.73. The fourth-order valence-electron chi connectivity index (χ4n) is 3.82. The molecule has 0 fully saturated rings. The van der Waals surface area contributed by atoms with E-state index in [4.69, 9.17) is 0 Å². The van der Waals surface area contributed by atoms with E-state index in [-0.39, 0.29) is 11.7 Å². The van der Waals surface area contributed by atoms with Gasteiger partial charge in [-0.05, 0) is 48.6 Å². The van der Waals surface area contributed by atoms with Gasteiger partial charge >= 0.3 is 0 Å². The van der Waals surface area contributed by atoms with Crippen molar-refractivity contribution in [3.8, 4) is 11.1 Å². The van der Waals surface area contributed by atoms with Crippen LogP contribution in [0.5, 0.6) is 0 Å². The van der Waals surface area contributed by atoms with Crippen molar-refractivity contribution < 1.29 is 9.59 Å². The van der Waals surface area contributed by atoms with Crippen LogP contribution in [0.2, 0.25) is 0 Å². The summed E-state index contributed by atoms with van der Waals surface area (Å²) in [6, 6.07) is 23.4. The zero-order chi connectivity index (χ0) is 18.8. The van der Waals surface area contributed by atoms with Crippen molar-refractivity contribution in [3.63, 3.8) is 0 Å². The van der Waals surface area contributed by atoms with Gasteiger partial charge in [0.1, 0.15) is 0 Å². The molecule has 4 rings (SSSR count). The Morgan fingerprint density at radius 3 is 2.30 bits per heavy atom.